The van der Waals surface area contributed by atoms with Gasteiger partial charge in [0.15, 0.2) is 5.75 Å². The first-order valence-electron chi connectivity index (χ1n) is 13.9. The maximum absolute atomic E-state index is 13.0. The van der Waals surface area contributed by atoms with Crippen molar-refractivity contribution in [2.45, 2.75) is 44.4 Å². The Morgan fingerprint density at radius 3 is 2.30 bits per heavy atom. The minimum atomic E-state index is -4.93. The summed E-state index contributed by atoms with van der Waals surface area (Å²) in [5, 5.41) is 24.0. The highest BCUT2D eigenvalue weighted by Gasteiger charge is 2.37. The highest BCUT2D eigenvalue weighted by molar-refractivity contribution is 7.92. The van der Waals surface area contributed by atoms with Crippen LogP contribution < -0.4 is 9.62 Å². The van der Waals surface area contributed by atoms with Crippen LogP contribution in [0.15, 0.2) is 72.8 Å². The predicted octanol–water partition coefficient (Wildman–Crippen LogP) is 5.99. The van der Waals surface area contributed by atoms with E-state index < -0.39 is 45.8 Å². The Kier molecular flexibility index (Phi) is 10.1. The first kappa shape index (κ1) is 34.8. The standard InChI is InChI=1S/C31H31F6N3O5S/c1-19(38-16-28(41)22-6-4-7-24(14-22)31(35,36)37)11-20-9-10-26-23(12-20)15-27(29(42)43)40(26)17-21-5-3-8-25(13-21)39(2)46(44,45)18-30(32,33)34/h3-10,12-15,19,28,38,41H,11,16-18H2,1-2H3,(H,42,43). The first-order valence-corrected chi connectivity index (χ1v) is 15.5. The Morgan fingerprint density at radius 2 is 1.65 bits per heavy atom. The molecule has 8 nitrogen and oxygen atoms in total. The average molecular weight is 672 g/mol. The van der Waals surface area contributed by atoms with Crippen molar-refractivity contribution >= 4 is 32.6 Å². The van der Waals surface area contributed by atoms with Gasteiger partial charge in [-0.25, -0.2) is 13.2 Å². The number of benzene rings is 3. The number of nitrogens with zero attached hydrogens (tertiary/aromatic N) is 2. The van der Waals surface area contributed by atoms with Crippen LogP contribution in [0.2, 0.25) is 0 Å². The van der Waals surface area contributed by atoms with Gasteiger partial charge < -0.3 is 20.1 Å². The van der Waals surface area contributed by atoms with Gasteiger partial charge in [0.2, 0.25) is 10.0 Å². The Morgan fingerprint density at radius 1 is 0.957 bits per heavy atom. The van der Waals surface area contributed by atoms with Gasteiger partial charge in [-0.1, -0.05) is 30.3 Å². The molecule has 2 unspecified atom stereocenters. The molecule has 3 N–H and O–H groups in total. The molecule has 4 rings (SSSR count). The number of hydrogen-bond acceptors (Lipinski definition) is 5. The maximum Gasteiger partial charge on any atom is 0.416 e. The monoisotopic (exact) mass is 671 g/mol. The molecule has 0 saturated heterocycles. The summed E-state index contributed by atoms with van der Waals surface area (Å²) in [6, 6.07) is 16.8. The number of aliphatic hydroxyl groups is 1. The molecule has 1 aromatic heterocycles. The summed E-state index contributed by atoms with van der Waals surface area (Å²) < 4.78 is 104. The van der Waals surface area contributed by atoms with E-state index in [1.807, 2.05) is 6.92 Å². The highest BCUT2D eigenvalue weighted by atomic mass is 32.2. The van der Waals surface area contributed by atoms with Crippen molar-refractivity contribution in [2.24, 2.45) is 0 Å². The molecular weight excluding hydrogens is 640 g/mol. The van der Waals surface area contributed by atoms with Crippen molar-refractivity contribution < 1.29 is 49.8 Å². The molecule has 0 bridgehead atoms. The van der Waals surface area contributed by atoms with Crippen molar-refractivity contribution in [3.8, 4) is 0 Å². The van der Waals surface area contributed by atoms with E-state index in [1.165, 1.54) is 41.0 Å². The normalized spacial score (nSPS) is 13.9. The second-order valence-corrected chi connectivity index (χ2v) is 13.0. The molecule has 248 valence electrons. The van der Waals surface area contributed by atoms with Crippen LogP contribution >= 0.6 is 0 Å². The number of alkyl halides is 6. The number of carboxylic acids is 1. The molecule has 2 atom stereocenters. The molecule has 0 spiro atoms. The van der Waals surface area contributed by atoms with Crippen molar-refractivity contribution in [2.75, 3.05) is 23.7 Å². The van der Waals surface area contributed by atoms with Gasteiger partial charge in [0.05, 0.1) is 17.4 Å². The molecule has 4 aromatic rings. The van der Waals surface area contributed by atoms with Crippen LogP contribution in [0.5, 0.6) is 0 Å². The number of carbonyl (C=O) groups is 1. The van der Waals surface area contributed by atoms with Crippen LogP contribution in [0.4, 0.5) is 32.0 Å². The molecule has 3 aromatic carbocycles. The number of halogens is 6. The third kappa shape index (κ3) is 8.59. The molecule has 0 aliphatic rings. The largest absolute Gasteiger partial charge is 0.477 e. The summed E-state index contributed by atoms with van der Waals surface area (Å²) in [6.07, 6.45) is -10.2. The van der Waals surface area contributed by atoms with Crippen molar-refractivity contribution in [1.29, 1.82) is 0 Å². The van der Waals surface area contributed by atoms with Gasteiger partial charge in [0.1, 0.15) is 5.69 Å². The number of aromatic carboxylic acids is 1. The fourth-order valence-corrected chi connectivity index (χ4v) is 6.11. The van der Waals surface area contributed by atoms with Gasteiger partial charge in [0, 0.05) is 37.1 Å². The lowest BCUT2D eigenvalue weighted by Crippen LogP contribution is -2.35. The van der Waals surface area contributed by atoms with E-state index in [9.17, 15) is 49.8 Å². The van der Waals surface area contributed by atoms with E-state index in [4.69, 9.17) is 0 Å². The van der Waals surface area contributed by atoms with E-state index in [0.717, 1.165) is 24.7 Å². The van der Waals surface area contributed by atoms with Crippen LogP contribution in [-0.4, -0.2) is 60.7 Å². The second kappa shape index (κ2) is 13.3. The summed E-state index contributed by atoms with van der Waals surface area (Å²) in [5.41, 5.74) is 1.00. The lowest BCUT2D eigenvalue weighted by atomic mass is 10.0. The Balaban J connectivity index is 1.49. The molecular formula is C31H31F6N3O5S. The van der Waals surface area contributed by atoms with Crippen LogP contribution in [0.25, 0.3) is 10.9 Å². The summed E-state index contributed by atoms with van der Waals surface area (Å²) in [4.78, 5) is 12.1. The van der Waals surface area contributed by atoms with Crippen LogP contribution in [0.1, 0.15) is 45.8 Å². The zero-order valence-electron chi connectivity index (χ0n) is 24.6. The van der Waals surface area contributed by atoms with E-state index >= 15 is 0 Å². The molecule has 0 saturated carbocycles. The highest BCUT2D eigenvalue weighted by Crippen LogP contribution is 2.31. The second-order valence-electron chi connectivity index (χ2n) is 11.0. The topological polar surface area (TPSA) is 112 Å². The molecule has 1 heterocycles. The molecule has 15 heteroatoms. The van der Waals surface area contributed by atoms with E-state index in [2.05, 4.69) is 5.32 Å². The number of fused-ring (bicyclic) bond motifs is 1. The van der Waals surface area contributed by atoms with Gasteiger partial charge in [-0.2, -0.15) is 26.3 Å². The zero-order chi connectivity index (χ0) is 34.0. The Bertz CT molecular complexity index is 1820. The molecule has 0 aliphatic heterocycles. The SMILES string of the molecule is CC(Cc1ccc2c(c1)cc(C(=O)O)n2Cc1cccc(N(C)S(=O)(=O)CC(F)(F)F)c1)NCC(O)c1cccc(C(F)(F)F)c1. The van der Waals surface area contributed by atoms with Gasteiger partial charge in [-0.3, -0.25) is 4.31 Å². The summed E-state index contributed by atoms with van der Waals surface area (Å²) in [5.74, 6) is -3.25. The lowest BCUT2D eigenvalue weighted by Gasteiger charge is -2.21. The zero-order valence-corrected chi connectivity index (χ0v) is 25.4. The smallest absolute Gasteiger partial charge is 0.416 e. The molecule has 0 radical (unpaired) electrons. The van der Waals surface area contributed by atoms with E-state index in [1.54, 1.807) is 24.3 Å². The van der Waals surface area contributed by atoms with Crippen molar-refractivity contribution in [3.63, 3.8) is 0 Å². The minimum absolute atomic E-state index is 0.00395. The van der Waals surface area contributed by atoms with Gasteiger partial charge >= 0.3 is 18.3 Å². The number of hydrogen-bond donors (Lipinski definition) is 3. The summed E-state index contributed by atoms with van der Waals surface area (Å²) in [6.45, 7) is 1.81. The summed E-state index contributed by atoms with van der Waals surface area (Å²) in [7, 11) is -3.69. The van der Waals surface area contributed by atoms with Crippen LogP contribution in [0, 0.1) is 0 Å². The molecule has 46 heavy (non-hydrogen) atoms. The number of nitrogens with one attached hydrogen (secondary N) is 1. The third-order valence-corrected chi connectivity index (χ3v) is 9.10. The number of sulfonamides is 1. The van der Waals surface area contributed by atoms with Crippen LogP contribution in [-0.2, 0) is 29.2 Å². The number of rotatable bonds is 12. The minimum Gasteiger partial charge on any atom is -0.477 e. The summed E-state index contributed by atoms with van der Waals surface area (Å²) >= 11 is 0. The predicted molar refractivity (Wildman–Crippen MR) is 160 cm³/mol. The van der Waals surface area contributed by atoms with Gasteiger partial charge in [0.25, 0.3) is 0 Å². The number of anilines is 1. The quantitative estimate of drug-likeness (QED) is 0.160. The third-order valence-electron chi connectivity index (χ3n) is 7.36. The Labute approximate surface area is 260 Å². The van der Waals surface area contributed by atoms with Gasteiger partial charge in [-0.05, 0) is 72.5 Å². The fraction of sp³-hybridized carbons (Fsp3) is 0.323. The number of carboxylic acid groups (broad SMARTS) is 1. The first-order chi connectivity index (χ1) is 21.3. The van der Waals surface area contributed by atoms with Crippen molar-refractivity contribution in [1.82, 2.24) is 9.88 Å². The Hall–Kier alpha value is -4.08. The molecule has 0 fully saturated rings. The van der Waals surface area contributed by atoms with Crippen molar-refractivity contribution in [3.05, 3.63) is 101 Å². The number of aliphatic hydroxyl groups excluding tert-OH is 1. The van der Waals surface area contributed by atoms with Crippen LogP contribution in [0.3, 0.4) is 0 Å². The lowest BCUT2D eigenvalue weighted by molar-refractivity contribution is -0.137. The van der Waals surface area contributed by atoms with E-state index in [0.29, 0.717) is 27.2 Å². The van der Waals surface area contributed by atoms with Gasteiger partial charge in [-0.15, -0.1) is 0 Å². The fourth-order valence-electron chi connectivity index (χ4n) is 5.07. The molecule has 0 amide bonds. The molecule has 0 aliphatic carbocycles. The average Bonchev–Trinajstić information content (AvgIpc) is 3.31. The maximum atomic E-state index is 13.0. The number of aromatic nitrogens is 1. The van der Waals surface area contributed by atoms with E-state index in [-0.39, 0.29) is 36.1 Å².